The first-order valence-electron chi connectivity index (χ1n) is 5.38. The third-order valence-electron chi connectivity index (χ3n) is 2.93. The molecule has 0 heterocycles. The molecule has 0 amide bonds. The molecule has 0 bridgehead atoms. The number of carbonyl (C=O) groups is 1. The van der Waals surface area contributed by atoms with Gasteiger partial charge >= 0.3 is 0 Å². The third kappa shape index (κ3) is 2.17. The van der Waals surface area contributed by atoms with Gasteiger partial charge in [0.05, 0.1) is 5.41 Å². The van der Waals surface area contributed by atoms with E-state index >= 15 is 0 Å². The molecule has 0 aromatic heterocycles. The van der Waals surface area contributed by atoms with E-state index in [1.807, 2.05) is 25.1 Å². The van der Waals surface area contributed by atoms with Gasteiger partial charge in [-0.25, -0.2) is 0 Å². The summed E-state index contributed by atoms with van der Waals surface area (Å²) < 4.78 is 0. The Morgan fingerprint density at radius 1 is 1.27 bits per heavy atom. The SMILES string of the molecule is C=C.CCC(=O)C1(c2ccccc2)CC1. The van der Waals surface area contributed by atoms with E-state index in [0.717, 1.165) is 12.8 Å². The fraction of sp³-hybridized carbons (Fsp3) is 0.357. The van der Waals surface area contributed by atoms with Crippen LogP contribution in [0.15, 0.2) is 43.5 Å². The molecule has 1 aliphatic carbocycles. The molecule has 1 nitrogen and oxygen atoms in total. The second kappa shape index (κ2) is 4.92. The Bertz CT molecular complexity index is 322. The predicted molar refractivity (Wildman–Crippen MR) is 63.9 cm³/mol. The van der Waals surface area contributed by atoms with Crippen LogP contribution < -0.4 is 0 Å². The average Bonchev–Trinajstić information content (AvgIpc) is 3.13. The number of carbonyl (C=O) groups excluding carboxylic acids is 1. The van der Waals surface area contributed by atoms with Gasteiger partial charge in [-0.15, -0.1) is 13.2 Å². The van der Waals surface area contributed by atoms with Crippen molar-refractivity contribution in [2.75, 3.05) is 0 Å². The van der Waals surface area contributed by atoms with Gasteiger partial charge in [-0.05, 0) is 18.4 Å². The van der Waals surface area contributed by atoms with Gasteiger partial charge in [-0.1, -0.05) is 37.3 Å². The monoisotopic (exact) mass is 202 g/mol. The maximum Gasteiger partial charge on any atom is 0.143 e. The lowest BCUT2D eigenvalue weighted by Crippen LogP contribution is -2.18. The van der Waals surface area contributed by atoms with E-state index in [4.69, 9.17) is 0 Å². The van der Waals surface area contributed by atoms with Gasteiger partial charge in [0.1, 0.15) is 5.78 Å². The lowest BCUT2D eigenvalue weighted by Gasteiger charge is -2.12. The fourth-order valence-corrected chi connectivity index (χ4v) is 1.95. The van der Waals surface area contributed by atoms with Gasteiger partial charge in [0.15, 0.2) is 0 Å². The summed E-state index contributed by atoms with van der Waals surface area (Å²) >= 11 is 0. The van der Waals surface area contributed by atoms with Crippen LogP contribution in [0.1, 0.15) is 31.7 Å². The second-order valence-electron chi connectivity index (χ2n) is 3.72. The van der Waals surface area contributed by atoms with E-state index < -0.39 is 0 Å². The van der Waals surface area contributed by atoms with Crippen molar-refractivity contribution in [3.05, 3.63) is 49.1 Å². The van der Waals surface area contributed by atoms with Crippen molar-refractivity contribution in [2.45, 2.75) is 31.6 Å². The summed E-state index contributed by atoms with van der Waals surface area (Å²) in [6.07, 6.45) is 2.75. The highest BCUT2D eigenvalue weighted by Crippen LogP contribution is 2.49. The number of Topliss-reactive ketones (excluding diaryl/α,β-unsaturated/α-hetero) is 1. The van der Waals surface area contributed by atoms with Crippen LogP contribution >= 0.6 is 0 Å². The zero-order chi connectivity index (χ0) is 11.3. The molecular weight excluding hydrogens is 184 g/mol. The van der Waals surface area contributed by atoms with Crippen LogP contribution in [0.4, 0.5) is 0 Å². The van der Waals surface area contributed by atoms with Crippen molar-refractivity contribution in [2.24, 2.45) is 0 Å². The minimum atomic E-state index is -0.0873. The van der Waals surface area contributed by atoms with Gasteiger partial charge in [0, 0.05) is 6.42 Å². The van der Waals surface area contributed by atoms with Crippen LogP contribution in [0, 0.1) is 0 Å². The predicted octanol–water partition coefficient (Wildman–Crippen LogP) is 3.50. The molecule has 0 N–H and O–H groups in total. The summed E-state index contributed by atoms with van der Waals surface area (Å²) in [6, 6.07) is 10.2. The third-order valence-corrected chi connectivity index (χ3v) is 2.93. The standard InChI is InChI=1S/C12H14O.C2H4/c1-2-11(13)12(8-9-12)10-6-4-3-5-7-10;1-2/h3-7H,2,8-9H2,1H3;1-2H2. The van der Waals surface area contributed by atoms with Gasteiger partial charge in [-0.2, -0.15) is 0 Å². The Kier molecular flexibility index (Phi) is 3.84. The molecule has 1 aliphatic rings. The highest BCUT2D eigenvalue weighted by Gasteiger charge is 2.49. The van der Waals surface area contributed by atoms with Crippen molar-refractivity contribution >= 4 is 5.78 Å². The first-order chi connectivity index (χ1) is 7.29. The summed E-state index contributed by atoms with van der Waals surface area (Å²) in [7, 11) is 0. The smallest absolute Gasteiger partial charge is 0.143 e. The van der Waals surface area contributed by atoms with E-state index in [0.29, 0.717) is 12.2 Å². The molecule has 1 saturated carbocycles. The molecule has 0 radical (unpaired) electrons. The number of benzene rings is 1. The Morgan fingerprint density at radius 3 is 2.20 bits per heavy atom. The lowest BCUT2D eigenvalue weighted by atomic mass is 9.90. The molecule has 0 atom stereocenters. The number of ketones is 1. The average molecular weight is 202 g/mol. The van der Waals surface area contributed by atoms with Crippen LogP contribution in [0.3, 0.4) is 0 Å². The quantitative estimate of drug-likeness (QED) is 0.686. The first kappa shape index (κ1) is 11.7. The largest absolute Gasteiger partial charge is 0.299 e. The fourth-order valence-electron chi connectivity index (χ4n) is 1.95. The maximum absolute atomic E-state index is 11.7. The molecule has 0 unspecified atom stereocenters. The molecule has 80 valence electrons. The van der Waals surface area contributed by atoms with Crippen molar-refractivity contribution in [1.29, 1.82) is 0 Å². The Balaban J connectivity index is 0.000000531. The van der Waals surface area contributed by atoms with Crippen molar-refractivity contribution in [1.82, 2.24) is 0 Å². The summed E-state index contributed by atoms with van der Waals surface area (Å²) in [5, 5.41) is 0. The van der Waals surface area contributed by atoms with E-state index in [1.54, 1.807) is 0 Å². The highest BCUT2D eigenvalue weighted by molar-refractivity contribution is 5.92. The van der Waals surface area contributed by atoms with Crippen LogP contribution in [0.2, 0.25) is 0 Å². The van der Waals surface area contributed by atoms with E-state index in [-0.39, 0.29) is 5.41 Å². The van der Waals surface area contributed by atoms with E-state index in [2.05, 4.69) is 25.3 Å². The minimum Gasteiger partial charge on any atom is -0.299 e. The summed E-state index contributed by atoms with van der Waals surface area (Å²) in [5.74, 6) is 0.402. The zero-order valence-corrected chi connectivity index (χ0v) is 9.33. The number of hydrogen-bond acceptors (Lipinski definition) is 1. The second-order valence-corrected chi connectivity index (χ2v) is 3.72. The Morgan fingerprint density at radius 2 is 1.80 bits per heavy atom. The molecule has 1 aromatic carbocycles. The topological polar surface area (TPSA) is 17.1 Å². The number of hydrogen-bond donors (Lipinski definition) is 0. The molecule has 1 fully saturated rings. The van der Waals surface area contributed by atoms with Crippen molar-refractivity contribution < 1.29 is 4.79 Å². The van der Waals surface area contributed by atoms with E-state index in [1.165, 1.54) is 5.56 Å². The molecule has 2 rings (SSSR count). The first-order valence-corrected chi connectivity index (χ1v) is 5.38. The Hall–Kier alpha value is -1.37. The van der Waals surface area contributed by atoms with Crippen LogP contribution in [-0.2, 0) is 10.2 Å². The maximum atomic E-state index is 11.7. The molecule has 0 aliphatic heterocycles. The Labute approximate surface area is 91.8 Å². The van der Waals surface area contributed by atoms with Crippen LogP contribution in [0.25, 0.3) is 0 Å². The minimum absolute atomic E-state index is 0.0873. The molecular formula is C14H18O. The van der Waals surface area contributed by atoms with Crippen molar-refractivity contribution in [3.8, 4) is 0 Å². The highest BCUT2D eigenvalue weighted by atomic mass is 16.1. The van der Waals surface area contributed by atoms with Gasteiger partial charge < -0.3 is 0 Å². The van der Waals surface area contributed by atoms with Crippen molar-refractivity contribution in [3.63, 3.8) is 0 Å². The summed E-state index contributed by atoms with van der Waals surface area (Å²) in [4.78, 5) is 11.7. The molecule has 0 saturated heterocycles. The molecule has 1 heteroatoms. The zero-order valence-electron chi connectivity index (χ0n) is 9.33. The molecule has 15 heavy (non-hydrogen) atoms. The number of rotatable bonds is 3. The molecule has 0 spiro atoms. The summed E-state index contributed by atoms with van der Waals surface area (Å²) in [5.41, 5.74) is 1.12. The van der Waals surface area contributed by atoms with Gasteiger partial charge in [-0.3, -0.25) is 4.79 Å². The van der Waals surface area contributed by atoms with Gasteiger partial charge in [0.25, 0.3) is 0 Å². The molecule has 1 aromatic rings. The summed E-state index contributed by atoms with van der Waals surface area (Å²) in [6.45, 7) is 7.95. The normalized spacial score (nSPS) is 16.1. The lowest BCUT2D eigenvalue weighted by molar-refractivity contribution is -0.121. The van der Waals surface area contributed by atoms with E-state index in [9.17, 15) is 4.79 Å². The van der Waals surface area contributed by atoms with Gasteiger partial charge in [0.2, 0.25) is 0 Å². The van der Waals surface area contributed by atoms with Crippen LogP contribution in [0.5, 0.6) is 0 Å². The van der Waals surface area contributed by atoms with Crippen LogP contribution in [-0.4, -0.2) is 5.78 Å².